The SMILES string of the molecule is Cc1cccn2c(C(CC(=O)N3CCN(c4cccc(C(F)(F)F)c4)CC3)c3ccc4c(c3)OCO4)cnc12. The van der Waals surface area contributed by atoms with Gasteiger partial charge in [0.05, 0.1) is 11.3 Å². The van der Waals surface area contributed by atoms with E-state index in [1.54, 1.807) is 11.0 Å². The Labute approximate surface area is 223 Å². The third-order valence-corrected chi connectivity index (χ3v) is 7.47. The lowest BCUT2D eigenvalue weighted by Gasteiger charge is -2.37. The molecule has 2 aromatic carbocycles. The van der Waals surface area contributed by atoms with E-state index in [0.717, 1.165) is 28.5 Å². The van der Waals surface area contributed by atoms with Crippen LogP contribution in [0, 0.1) is 6.92 Å². The second-order valence-corrected chi connectivity index (χ2v) is 9.85. The molecule has 1 saturated heterocycles. The number of hydrogen-bond donors (Lipinski definition) is 0. The summed E-state index contributed by atoms with van der Waals surface area (Å²) < 4.78 is 52.6. The largest absolute Gasteiger partial charge is 0.454 e. The number of carbonyl (C=O) groups excluding carboxylic acids is 1. The van der Waals surface area contributed by atoms with Gasteiger partial charge in [-0.15, -0.1) is 0 Å². The van der Waals surface area contributed by atoms with Gasteiger partial charge >= 0.3 is 6.18 Å². The molecule has 1 amide bonds. The minimum Gasteiger partial charge on any atom is -0.454 e. The molecule has 39 heavy (non-hydrogen) atoms. The first-order valence-corrected chi connectivity index (χ1v) is 12.8. The number of alkyl halides is 3. The number of rotatable bonds is 5. The molecule has 0 spiro atoms. The molecular weight excluding hydrogens is 509 g/mol. The molecule has 1 fully saturated rings. The lowest BCUT2D eigenvalue weighted by atomic mass is 9.91. The Morgan fingerprint density at radius 2 is 1.79 bits per heavy atom. The Morgan fingerprint density at radius 1 is 1.00 bits per heavy atom. The fourth-order valence-electron chi connectivity index (χ4n) is 5.35. The zero-order chi connectivity index (χ0) is 27.1. The average Bonchev–Trinajstić information content (AvgIpc) is 3.59. The Morgan fingerprint density at radius 3 is 2.59 bits per heavy atom. The van der Waals surface area contributed by atoms with Crippen LogP contribution >= 0.6 is 0 Å². The van der Waals surface area contributed by atoms with E-state index in [0.29, 0.717) is 43.4 Å². The first-order valence-electron chi connectivity index (χ1n) is 12.8. The molecule has 1 unspecified atom stereocenters. The Kier molecular flexibility index (Phi) is 6.32. The van der Waals surface area contributed by atoms with Gasteiger partial charge < -0.3 is 23.7 Å². The van der Waals surface area contributed by atoms with Gasteiger partial charge in [-0.2, -0.15) is 13.2 Å². The molecule has 10 heteroatoms. The summed E-state index contributed by atoms with van der Waals surface area (Å²) in [5.41, 5.74) is 3.51. The van der Waals surface area contributed by atoms with Crippen LogP contribution in [0.5, 0.6) is 11.5 Å². The lowest BCUT2D eigenvalue weighted by Crippen LogP contribution is -2.49. The number of anilines is 1. The van der Waals surface area contributed by atoms with Crippen molar-refractivity contribution in [1.29, 1.82) is 0 Å². The fraction of sp³-hybridized carbons (Fsp3) is 0.310. The lowest BCUT2D eigenvalue weighted by molar-refractivity contribution is -0.137. The van der Waals surface area contributed by atoms with Crippen LogP contribution in [0.4, 0.5) is 18.9 Å². The van der Waals surface area contributed by atoms with Gasteiger partial charge in [0, 0.05) is 56.6 Å². The van der Waals surface area contributed by atoms with Crippen LogP contribution in [0.15, 0.2) is 67.0 Å². The van der Waals surface area contributed by atoms with Crippen LogP contribution in [0.2, 0.25) is 0 Å². The number of aromatic nitrogens is 2. The third-order valence-electron chi connectivity index (χ3n) is 7.47. The number of halogens is 3. The summed E-state index contributed by atoms with van der Waals surface area (Å²) in [6.07, 6.45) is -0.418. The molecule has 0 saturated carbocycles. The van der Waals surface area contributed by atoms with Gasteiger partial charge in [0.15, 0.2) is 11.5 Å². The van der Waals surface area contributed by atoms with Gasteiger partial charge in [-0.25, -0.2) is 4.98 Å². The highest BCUT2D eigenvalue weighted by atomic mass is 19.4. The summed E-state index contributed by atoms with van der Waals surface area (Å²) in [6.45, 7) is 3.92. The number of aryl methyl sites for hydroxylation is 1. The van der Waals surface area contributed by atoms with Crippen molar-refractivity contribution in [3.8, 4) is 11.5 Å². The second kappa shape index (κ2) is 9.83. The first-order chi connectivity index (χ1) is 18.8. The van der Waals surface area contributed by atoms with Gasteiger partial charge in [-0.3, -0.25) is 4.79 Å². The van der Waals surface area contributed by atoms with Gasteiger partial charge in [-0.1, -0.05) is 18.2 Å². The van der Waals surface area contributed by atoms with E-state index in [1.807, 2.05) is 58.9 Å². The predicted octanol–water partition coefficient (Wildman–Crippen LogP) is 5.26. The van der Waals surface area contributed by atoms with Crippen molar-refractivity contribution in [2.24, 2.45) is 0 Å². The van der Waals surface area contributed by atoms with E-state index in [4.69, 9.17) is 9.47 Å². The molecule has 0 N–H and O–H groups in total. The normalized spacial score (nSPS) is 16.1. The maximum absolute atomic E-state index is 13.6. The van der Waals surface area contributed by atoms with Crippen LogP contribution in [-0.2, 0) is 11.0 Å². The Balaban J connectivity index is 1.23. The third kappa shape index (κ3) is 4.86. The Hall–Kier alpha value is -4.21. The molecular formula is C29H27F3N4O3. The van der Waals surface area contributed by atoms with Crippen molar-refractivity contribution >= 4 is 17.2 Å². The monoisotopic (exact) mass is 536 g/mol. The number of pyridine rings is 1. The maximum atomic E-state index is 13.6. The standard InChI is InChI=1S/C29H27F3N4O3/c1-19-4-3-9-36-24(17-33-28(19)36)23(20-7-8-25-26(14-20)39-18-38-25)16-27(37)35-12-10-34(11-13-35)22-6-2-5-21(15-22)29(30,31)32/h2-9,14-15,17,23H,10-13,16,18H2,1H3. The minimum absolute atomic E-state index is 0.0241. The van der Waals surface area contributed by atoms with E-state index < -0.39 is 11.7 Å². The molecule has 2 aliphatic heterocycles. The van der Waals surface area contributed by atoms with E-state index in [2.05, 4.69) is 4.98 Å². The van der Waals surface area contributed by atoms with Gasteiger partial charge in [0.2, 0.25) is 12.7 Å². The van der Waals surface area contributed by atoms with Crippen molar-refractivity contribution in [2.45, 2.75) is 25.4 Å². The van der Waals surface area contributed by atoms with Crippen LogP contribution in [-0.4, -0.2) is 53.2 Å². The van der Waals surface area contributed by atoms with E-state index in [1.165, 1.54) is 12.1 Å². The number of hydrogen-bond acceptors (Lipinski definition) is 5. The number of benzene rings is 2. The summed E-state index contributed by atoms with van der Waals surface area (Å²) in [7, 11) is 0. The molecule has 4 heterocycles. The zero-order valence-corrected chi connectivity index (χ0v) is 21.3. The van der Waals surface area contributed by atoms with E-state index >= 15 is 0 Å². The number of fused-ring (bicyclic) bond motifs is 2. The summed E-state index contributed by atoms with van der Waals surface area (Å²) in [5, 5.41) is 0. The Bertz CT molecular complexity index is 1530. The topological polar surface area (TPSA) is 59.3 Å². The summed E-state index contributed by atoms with van der Waals surface area (Å²) >= 11 is 0. The summed E-state index contributed by atoms with van der Waals surface area (Å²) in [6, 6.07) is 15.0. The molecule has 1 atom stereocenters. The molecule has 0 bridgehead atoms. The number of imidazole rings is 1. The van der Waals surface area contributed by atoms with E-state index in [-0.39, 0.29) is 25.0 Å². The molecule has 0 aliphatic carbocycles. The number of piperazine rings is 1. The number of ether oxygens (including phenoxy) is 2. The highest BCUT2D eigenvalue weighted by molar-refractivity contribution is 5.78. The van der Waals surface area contributed by atoms with Crippen LogP contribution < -0.4 is 14.4 Å². The smallest absolute Gasteiger partial charge is 0.416 e. The highest BCUT2D eigenvalue weighted by Gasteiger charge is 2.32. The number of carbonyl (C=O) groups is 1. The molecule has 4 aromatic rings. The first kappa shape index (κ1) is 25.1. The van der Waals surface area contributed by atoms with Gasteiger partial charge in [0.25, 0.3) is 0 Å². The van der Waals surface area contributed by atoms with E-state index in [9.17, 15) is 18.0 Å². The number of amides is 1. The van der Waals surface area contributed by atoms with Crippen LogP contribution in [0.3, 0.4) is 0 Å². The van der Waals surface area contributed by atoms with Gasteiger partial charge in [-0.05, 0) is 54.4 Å². The van der Waals surface area contributed by atoms with Crippen molar-refractivity contribution < 1.29 is 27.4 Å². The molecule has 202 valence electrons. The maximum Gasteiger partial charge on any atom is 0.416 e. The molecule has 2 aromatic heterocycles. The van der Waals surface area contributed by atoms with Crippen molar-refractivity contribution in [1.82, 2.24) is 14.3 Å². The van der Waals surface area contributed by atoms with Crippen molar-refractivity contribution in [2.75, 3.05) is 37.9 Å². The molecule has 7 nitrogen and oxygen atoms in total. The average molecular weight is 537 g/mol. The minimum atomic E-state index is -4.39. The fourth-order valence-corrected chi connectivity index (χ4v) is 5.35. The quantitative estimate of drug-likeness (QED) is 0.348. The van der Waals surface area contributed by atoms with Crippen molar-refractivity contribution in [3.05, 3.63) is 89.4 Å². The van der Waals surface area contributed by atoms with Crippen molar-refractivity contribution in [3.63, 3.8) is 0 Å². The summed E-state index contributed by atoms with van der Waals surface area (Å²) in [5.74, 6) is 1.00. The summed E-state index contributed by atoms with van der Waals surface area (Å²) in [4.78, 5) is 21.9. The van der Waals surface area contributed by atoms with Crippen LogP contribution in [0.1, 0.15) is 34.7 Å². The predicted molar refractivity (Wildman–Crippen MR) is 139 cm³/mol. The second-order valence-electron chi connectivity index (χ2n) is 9.85. The zero-order valence-electron chi connectivity index (χ0n) is 21.3. The number of nitrogens with zero attached hydrogens (tertiary/aromatic N) is 4. The molecule has 2 aliphatic rings. The van der Waals surface area contributed by atoms with Crippen LogP contribution in [0.25, 0.3) is 5.65 Å². The van der Waals surface area contributed by atoms with Gasteiger partial charge in [0.1, 0.15) is 5.65 Å². The highest BCUT2D eigenvalue weighted by Crippen LogP contribution is 2.38. The molecule has 0 radical (unpaired) electrons. The molecule has 6 rings (SSSR count).